The second-order valence-electron chi connectivity index (χ2n) is 1.47. The molecule has 3 nitrogen and oxygen atoms in total. The van der Waals surface area contributed by atoms with Crippen LogP contribution < -0.4 is 0 Å². The van der Waals surface area contributed by atoms with Gasteiger partial charge in [-0.15, -0.1) is 0 Å². The Bertz CT molecular complexity index is 132. The van der Waals surface area contributed by atoms with E-state index in [1.165, 1.54) is 7.11 Å². The molecule has 0 aliphatic rings. The number of ketones is 2. The number of halogens is 1. The highest BCUT2D eigenvalue weighted by Crippen LogP contribution is 1.97. The lowest BCUT2D eigenvalue weighted by atomic mass is 10.3. The molecule has 0 rings (SSSR count). The van der Waals surface area contributed by atoms with Crippen LogP contribution in [-0.2, 0) is 14.3 Å². The number of rotatable bonds is 3. The topological polar surface area (TPSA) is 43.4 Å². The summed E-state index contributed by atoms with van der Waals surface area (Å²) in [6.07, 6.45) is 0. The maximum atomic E-state index is 10.5. The number of hydrogen-bond acceptors (Lipinski definition) is 3. The molecule has 0 spiro atoms. The molecular formula is C5H7ClO3. The molecule has 0 fully saturated rings. The molecule has 0 aromatic heterocycles. The Morgan fingerprint density at radius 1 is 1.56 bits per heavy atom. The maximum absolute atomic E-state index is 10.5. The van der Waals surface area contributed by atoms with Gasteiger partial charge in [0.25, 0.3) is 0 Å². The molecule has 52 valence electrons. The quantitative estimate of drug-likeness (QED) is 0.431. The number of methoxy groups -OCH3 is 1. The van der Waals surface area contributed by atoms with Crippen molar-refractivity contribution in [2.24, 2.45) is 0 Å². The Morgan fingerprint density at radius 3 is 2.11 bits per heavy atom. The first-order valence-corrected chi connectivity index (χ1v) is 2.75. The summed E-state index contributed by atoms with van der Waals surface area (Å²) in [5.74, 6) is -1.30. The third kappa shape index (κ3) is 2.58. The van der Waals surface area contributed by atoms with E-state index < -0.39 is 17.1 Å². The van der Waals surface area contributed by atoms with Crippen LogP contribution in [-0.4, -0.2) is 24.2 Å². The lowest BCUT2D eigenvalue weighted by molar-refractivity contribution is -0.138. The van der Waals surface area contributed by atoms with Gasteiger partial charge in [0, 0.05) is 14.0 Å². The highest BCUT2D eigenvalue weighted by molar-refractivity contribution is 6.48. The number of carbonyl (C=O) groups excluding carboxylic acids is 2. The minimum absolute atomic E-state index is 0.586. The van der Waals surface area contributed by atoms with Crippen LogP contribution >= 0.6 is 11.6 Å². The Balaban J connectivity index is 3.88. The van der Waals surface area contributed by atoms with Crippen LogP contribution in [0.1, 0.15) is 6.92 Å². The molecule has 9 heavy (non-hydrogen) atoms. The average Bonchev–Trinajstić information content (AvgIpc) is 1.84. The van der Waals surface area contributed by atoms with E-state index >= 15 is 0 Å². The number of carbonyl (C=O) groups is 2. The molecule has 0 radical (unpaired) electrons. The standard InChI is InChI=1S/C5H7ClO3/c1-3(7)4(8)5(6)9-2/h5H,1-2H3. The van der Waals surface area contributed by atoms with Crippen molar-refractivity contribution in [3.63, 3.8) is 0 Å². The first-order valence-electron chi connectivity index (χ1n) is 2.31. The molecule has 0 amide bonds. The fourth-order valence-electron chi connectivity index (χ4n) is 0.267. The predicted octanol–water partition coefficient (Wildman–Crippen LogP) is 0.356. The van der Waals surface area contributed by atoms with Crippen LogP contribution in [0.15, 0.2) is 0 Å². The van der Waals surface area contributed by atoms with Crippen molar-refractivity contribution in [3.8, 4) is 0 Å². The van der Waals surface area contributed by atoms with Gasteiger partial charge in [-0.1, -0.05) is 11.6 Å². The molecule has 1 atom stereocenters. The zero-order valence-corrected chi connectivity index (χ0v) is 5.94. The monoisotopic (exact) mass is 150 g/mol. The third-order valence-corrected chi connectivity index (χ3v) is 1.14. The lowest BCUT2D eigenvalue weighted by Crippen LogP contribution is -2.23. The van der Waals surface area contributed by atoms with Crippen molar-refractivity contribution >= 4 is 23.2 Å². The minimum atomic E-state index is -1.12. The van der Waals surface area contributed by atoms with E-state index in [9.17, 15) is 9.59 Å². The van der Waals surface area contributed by atoms with Crippen LogP contribution in [0, 0.1) is 0 Å². The van der Waals surface area contributed by atoms with Crippen LogP contribution in [0.25, 0.3) is 0 Å². The second-order valence-corrected chi connectivity index (χ2v) is 1.87. The Labute approximate surface area is 57.9 Å². The highest BCUT2D eigenvalue weighted by Gasteiger charge is 2.17. The molecule has 0 aromatic rings. The fourth-order valence-corrected chi connectivity index (χ4v) is 0.420. The maximum Gasteiger partial charge on any atom is 0.241 e. The van der Waals surface area contributed by atoms with Crippen molar-refractivity contribution in [1.29, 1.82) is 0 Å². The number of Topliss-reactive ketones (excluding diaryl/α,β-unsaturated/α-hetero) is 2. The third-order valence-electron chi connectivity index (χ3n) is 0.760. The van der Waals surface area contributed by atoms with E-state index in [0.29, 0.717) is 0 Å². The summed E-state index contributed by atoms with van der Waals surface area (Å²) >= 11 is 5.22. The SMILES string of the molecule is COC(Cl)C(=O)C(C)=O. The normalized spacial score (nSPS) is 12.8. The summed E-state index contributed by atoms with van der Waals surface area (Å²) in [6, 6.07) is 0. The van der Waals surface area contributed by atoms with E-state index in [0.717, 1.165) is 6.92 Å². The van der Waals surface area contributed by atoms with Gasteiger partial charge in [0.05, 0.1) is 0 Å². The van der Waals surface area contributed by atoms with Crippen LogP contribution in [0.5, 0.6) is 0 Å². The number of hydrogen-bond donors (Lipinski definition) is 0. The summed E-state index contributed by atoms with van der Waals surface area (Å²) < 4.78 is 4.37. The molecular weight excluding hydrogens is 144 g/mol. The van der Waals surface area contributed by atoms with Gasteiger partial charge < -0.3 is 4.74 Å². The first-order chi connectivity index (χ1) is 4.09. The zero-order valence-electron chi connectivity index (χ0n) is 5.18. The summed E-state index contributed by atoms with van der Waals surface area (Å²) in [4.78, 5) is 20.7. The highest BCUT2D eigenvalue weighted by atomic mass is 35.5. The van der Waals surface area contributed by atoms with Crippen LogP contribution in [0.2, 0.25) is 0 Å². The summed E-state index contributed by atoms with van der Waals surface area (Å²) in [5.41, 5.74) is -1.12. The lowest BCUT2D eigenvalue weighted by Gasteiger charge is -2.00. The molecule has 0 aliphatic carbocycles. The predicted molar refractivity (Wildman–Crippen MR) is 32.3 cm³/mol. The molecule has 0 saturated carbocycles. The molecule has 0 aromatic carbocycles. The van der Waals surface area contributed by atoms with Crippen LogP contribution in [0.4, 0.5) is 0 Å². The van der Waals surface area contributed by atoms with Gasteiger partial charge in [-0.2, -0.15) is 0 Å². The van der Waals surface area contributed by atoms with E-state index in [-0.39, 0.29) is 0 Å². The van der Waals surface area contributed by atoms with Crippen molar-refractivity contribution in [2.45, 2.75) is 12.5 Å². The molecule has 0 aliphatic heterocycles. The Morgan fingerprint density at radius 2 is 2.00 bits per heavy atom. The number of alkyl halides is 1. The molecule has 0 saturated heterocycles. The molecule has 4 heteroatoms. The van der Waals surface area contributed by atoms with E-state index in [2.05, 4.69) is 4.74 Å². The van der Waals surface area contributed by atoms with Gasteiger partial charge in [-0.3, -0.25) is 9.59 Å². The minimum Gasteiger partial charge on any atom is -0.358 e. The van der Waals surface area contributed by atoms with Crippen molar-refractivity contribution < 1.29 is 14.3 Å². The largest absolute Gasteiger partial charge is 0.358 e. The summed E-state index contributed by atoms with van der Waals surface area (Å²) in [7, 11) is 1.26. The van der Waals surface area contributed by atoms with Crippen molar-refractivity contribution in [3.05, 3.63) is 0 Å². The summed E-state index contributed by atoms with van der Waals surface area (Å²) in [6.45, 7) is 1.15. The molecule has 1 unspecified atom stereocenters. The second kappa shape index (κ2) is 3.58. The van der Waals surface area contributed by atoms with Crippen LogP contribution in [0.3, 0.4) is 0 Å². The van der Waals surface area contributed by atoms with Gasteiger partial charge in [0.15, 0.2) is 11.3 Å². The van der Waals surface area contributed by atoms with Gasteiger partial charge in [0.1, 0.15) is 0 Å². The smallest absolute Gasteiger partial charge is 0.241 e. The van der Waals surface area contributed by atoms with Gasteiger partial charge in [0.2, 0.25) is 5.78 Å². The van der Waals surface area contributed by atoms with Crippen molar-refractivity contribution in [2.75, 3.05) is 7.11 Å². The van der Waals surface area contributed by atoms with Gasteiger partial charge in [-0.05, 0) is 0 Å². The van der Waals surface area contributed by atoms with E-state index in [4.69, 9.17) is 11.6 Å². The Kier molecular flexibility index (Phi) is 3.42. The van der Waals surface area contributed by atoms with Crippen molar-refractivity contribution in [1.82, 2.24) is 0 Å². The fraction of sp³-hybridized carbons (Fsp3) is 0.600. The first kappa shape index (κ1) is 8.59. The van der Waals surface area contributed by atoms with Gasteiger partial charge >= 0.3 is 0 Å². The summed E-state index contributed by atoms with van der Waals surface area (Å²) in [5, 5.41) is 0. The Hall–Kier alpha value is -0.410. The zero-order chi connectivity index (χ0) is 7.44. The molecule has 0 bridgehead atoms. The number of ether oxygens (including phenoxy) is 1. The molecule has 0 N–H and O–H groups in total. The molecule has 0 heterocycles. The van der Waals surface area contributed by atoms with E-state index in [1.807, 2.05) is 0 Å². The van der Waals surface area contributed by atoms with Gasteiger partial charge in [-0.25, -0.2) is 0 Å². The van der Waals surface area contributed by atoms with E-state index in [1.54, 1.807) is 0 Å². The average molecular weight is 151 g/mol.